The molecular weight excluding hydrogens is 429 g/mol. The standard InChI is InChI=1S/C28H30FN3O2/c1-18(29)14-26-27-20(3)19(2)23(28(33)30-12-8-9-13-31(4)5)17-32(27)24-15-21-10-6-7-11-22(21)16-25(24)34-26/h6-7,10-11,14-17H,2-3,8-9,12-13H2,1,4-5H3,(H,30,33)/b18-14+. The number of nitrogens with one attached hydrogen (secondary N) is 1. The molecule has 5 nitrogen and oxygen atoms in total. The summed E-state index contributed by atoms with van der Waals surface area (Å²) in [6.45, 7) is 11.2. The zero-order valence-electron chi connectivity index (χ0n) is 20.0. The number of anilines is 1. The molecule has 0 aromatic heterocycles. The highest BCUT2D eigenvalue weighted by molar-refractivity contribution is 6.02. The van der Waals surface area contributed by atoms with Gasteiger partial charge in [-0.05, 0) is 68.9 Å². The lowest BCUT2D eigenvalue weighted by molar-refractivity contribution is -0.117. The number of carbonyl (C=O) groups excluding carboxylic acids is 1. The molecule has 0 aliphatic carbocycles. The number of allylic oxidation sites excluding steroid dienone is 3. The van der Waals surface area contributed by atoms with Gasteiger partial charge < -0.3 is 19.9 Å². The summed E-state index contributed by atoms with van der Waals surface area (Å²) < 4.78 is 20.1. The van der Waals surface area contributed by atoms with Crippen LogP contribution in [0.15, 0.2) is 95.8 Å². The van der Waals surface area contributed by atoms with Gasteiger partial charge in [-0.25, -0.2) is 4.39 Å². The van der Waals surface area contributed by atoms with E-state index >= 15 is 0 Å². The van der Waals surface area contributed by atoms with Crippen molar-refractivity contribution in [3.05, 3.63) is 95.8 Å². The van der Waals surface area contributed by atoms with Crippen LogP contribution in [0.4, 0.5) is 10.1 Å². The molecule has 0 bridgehead atoms. The third-order valence-corrected chi connectivity index (χ3v) is 5.91. The van der Waals surface area contributed by atoms with Gasteiger partial charge in [-0.3, -0.25) is 4.79 Å². The second-order valence-electron chi connectivity index (χ2n) is 8.85. The Morgan fingerprint density at radius 3 is 2.53 bits per heavy atom. The highest BCUT2D eigenvalue weighted by Crippen LogP contribution is 2.46. The molecule has 0 saturated carbocycles. The summed E-state index contributed by atoms with van der Waals surface area (Å²) in [7, 11) is 4.06. The largest absolute Gasteiger partial charge is 0.453 e. The maximum Gasteiger partial charge on any atom is 0.253 e. The third kappa shape index (κ3) is 4.68. The lowest BCUT2D eigenvalue weighted by atomic mass is 9.91. The number of hydrogen-bond donors (Lipinski definition) is 1. The van der Waals surface area contributed by atoms with E-state index in [1.807, 2.05) is 55.4 Å². The minimum absolute atomic E-state index is 0.206. The first kappa shape index (κ1) is 23.5. The lowest BCUT2D eigenvalue weighted by Crippen LogP contribution is -2.34. The Bertz CT molecular complexity index is 1270. The van der Waals surface area contributed by atoms with E-state index < -0.39 is 5.83 Å². The van der Waals surface area contributed by atoms with Gasteiger partial charge in [0.1, 0.15) is 5.83 Å². The Morgan fingerprint density at radius 1 is 1.15 bits per heavy atom. The fraction of sp³-hybridized carbons (Fsp3) is 0.250. The predicted molar refractivity (Wildman–Crippen MR) is 136 cm³/mol. The Morgan fingerprint density at radius 2 is 1.85 bits per heavy atom. The fourth-order valence-electron chi connectivity index (χ4n) is 4.15. The maximum atomic E-state index is 13.9. The van der Waals surface area contributed by atoms with Gasteiger partial charge in [0.05, 0.1) is 17.0 Å². The molecule has 4 rings (SSSR count). The quantitative estimate of drug-likeness (QED) is 0.548. The highest BCUT2D eigenvalue weighted by Gasteiger charge is 2.34. The summed E-state index contributed by atoms with van der Waals surface area (Å²) in [6, 6.07) is 11.9. The number of benzene rings is 2. The van der Waals surface area contributed by atoms with E-state index in [1.165, 1.54) is 13.0 Å². The molecule has 34 heavy (non-hydrogen) atoms. The van der Waals surface area contributed by atoms with Crippen LogP contribution in [0.3, 0.4) is 0 Å². The zero-order chi connectivity index (χ0) is 24.4. The number of ether oxygens (including phenoxy) is 1. The second-order valence-corrected chi connectivity index (χ2v) is 8.85. The van der Waals surface area contributed by atoms with E-state index in [1.54, 1.807) is 6.20 Å². The van der Waals surface area contributed by atoms with Crippen LogP contribution in [0.1, 0.15) is 19.8 Å². The molecule has 2 aliphatic rings. The minimum Gasteiger partial charge on any atom is -0.453 e. The molecule has 2 aromatic carbocycles. The molecule has 176 valence electrons. The molecule has 0 fully saturated rings. The average molecular weight is 460 g/mol. The van der Waals surface area contributed by atoms with Gasteiger partial charge in [-0.1, -0.05) is 37.4 Å². The first-order chi connectivity index (χ1) is 16.3. The van der Waals surface area contributed by atoms with Crippen molar-refractivity contribution in [2.45, 2.75) is 19.8 Å². The Balaban J connectivity index is 1.72. The molecular formula is C28H30FN3O2. The van der Waals surface area contributed by atoms with Crippen molar-refractivity contribution in [2.24, 2.45) is 0 Å². The molecule has 0 radical (unpaired) electrons. The van der Waals surface area contributed by atoms with Crippen LogP contribution >= 0.6 is 0 Å². The summed E-state index contributed by atoms with van der Waals surface area (Å²) in [5.74, 6) is 0.307. The highest BCUT2D eigenvalue weighted by atomic mass is 19.1. The molecule has 1 amide bonds. The number of carbonyl (C=O) groups is 1. The van der Waals surface area contributed by atoms with E-state index in [2.05, 4.69) is 23.4 Å². The first-order valence-corrected chi connectivity index (χ1v) is 11.4. The number of unbranched alkanes of at least 4 members (excludes halogenated alkanes) is 1. The normalized spacial score (nSPS) is 15.9. The van der Waals surface area contributed by atoms with Crippen LogP contribution in [0, 0.1) is 0 Å². The van der Waals surface area contributed by atoms with E-state index in [9.17, 15) is 9.18 Å². The van der Waals surface area contributed by atoms with Crippen molar-refractivity contribution in [1.29, 1.82) is 0 Å². The number of amides is 1. The van der Waals surface area contributed by atoms with Crippen molar-refractivity contribution in [1.82, 2.24) is 10.2 Å². The van der Waals surface area contributed by atoms with E-state index in [4.69, 9.17) is 4.74 Å². The third-order valence-electron chi connectivity index (χ3n) is 5.91. The van der Waals surface area contributed by atoms with Gasteiger partial charge in [0, 0.05) is 24.4 Å². The minimum atomic E-state index is -0.393. The van der Waals surface area contributed by atoms with Crippen LogP contribution in [0.25, 0.3) is 10.8 Å². The summed E-state index contributed by atoms with van der Waals surface area (Å²) in [5, 5.41) is 5.03. The van der Waals surface area contributed by atoms with Gasteiger partial charge in [0.15, 0.2) is 11.5 Å². The van der Waals surface area contributed by atoms with E-state index in [0.29, 0.717) is 40.5 Å². The summed E-state index contributed by atoms with van der Waals surface area (Å²) >= 11 is 0. The molecule has 0 saturated heterocycles. The number of nitrogens with zero attached hydrogens (tertiary/aromatic N) is 2. The smallest absolute Gasteiger partial charge is 0.253 e. The first-order valence-electron chi connectivity index (χ1n) is 11.4. The van der Waals surface area contributed by atoms with Crippen molar-refractivity contribution < 1.29 is 13.9 Å². The number of fused-ring (bicyclic) bond motifs is 4. The second kappa shape index (κ2) is 9.69. The number of halogens is 1. The molecule has 0 spiro atoms. The van der Waals surface area contributed by atoms with E-state index in [-0.39, 0.29) is 5.91 Å². The predicted octanol–water partition coefficient (Wildman–Crippen LogP) is 5.59. The molecule has 2 heterocycles. The van der Waals surface area contributed by atoms with Crippen molar-refractivity contribution in [3.63, 3.8) is 0 Å². The van der Waals surface area contributed by atoms with Gasteiger partial charge in [0.2, 0.25) is 0 Å². The van der Waals surface area contributed by atoms with Crippen LogP contribution in [-0.2, 0) is 4.79 Å². The summed E-state index contributed by atoms with van der Waals surface area (Å²) in [6.07, 6.45) is 4.96. The lowest BCUT2D eigenvalue weighted by Gasteiger charge is -2.37. The van der Waals surface area contributed by atoms with Crippen LogP contribution in [0.2, 0.25) is 0 Å². The molecule has 1 N–H and O–H groups in total. The van der Waals surface area contributed by atoms with Gasteiger partial charge in [0.25, 0.3) is 5.91 Å². The molecule has 6 heteroatoms. The topological polar surface area (TPSA) is 44.8 Å². The van der Waals surface area contributed by atoms with Gasteiger partial charge >= 0.3 is 0 Å². The molecule has 0 unspecified atom stereocenters. The summed E-state index contributed by atoms with van der Waals surface area (Å²) in [4.78, 5) is 17.1. The summed E-state index contributed by atoms with van der Waals surface area (Å²) in [5.41, 5.74) is 2.78. The number of hydrogen-bond acceptors (Lipinski definition) is 4. The fourth-order valence-corrected chi connectivity index (χ4v) is 4.15. The number of rotatable bonds is 7. The Labute approximate surface area is 200 Å². The van der Waals surface area contributed by atoms with Crippen LogP contribution in [-0.4, -0.2) is 38.0 Å². The van der Waals surface area contributed by atoms with Gasteiger partial charge in [-0.15, -0.1) is 0 Å². The zero-order valence-corrected chi connectivity index (χ0v) is 20.0. The molecule has 0 atom stereocenters. The van der Waals surface area contributed by atoms with Crippen LogP contribution < -0.4 is 15.0 Å². The monoisotopic (exact) mass is 459 g/mol. The van der Waals surface area contributed by atoms with Crippen molar-refractivity contribution in [3.8, 4) is 5.75 Å². The van der Waals surface area contributed by atoms with Crippen molar-refractivity contribution in [2.75, 3.05) is 32.1 Å². The van der Waals surface area contributed by atoms with Gasteiger partial charge in [-0.2, -0.15) is 0 Å². The Hall–Kier alpha value is -3.64. The molecule has 2 aliphatic heterocycles. The molecule has 2 aromatic rings. The van der Waals surface area contributed by atoms with Crippen molar-refractivity contribution >= 4 is 22.4 Å². The average Bonchev–Trinajstić information content (AvgIpc) is 2.78. The van der Waals surface area contributed by atoms with E-state index in [0.717, 1.165) is 35.8 Å². The Kier molecular flexibility index (Phi) is 6.70. The van der Waals surface area contributed by atoms with Crippen LogP contribution in [0.5, 0.6) is 5.75 Å². The SMILES string of the molecule is C=C1C(=C)C2=C(/C=C(\C)F)Oc3cc4ccccc4cc3N2C=C1C(=O)NCCCCN(C)C. The maximum absolute atomic E-state index is 13.9.